The van der Waals surface area contributed by atoms with Crippen LogP contribution in [-0.2, 0) is 4.57 Å². The van der Waals surface area contributed by atoms with E-state index in [-0.39, 0.29) is 0 Å². The van der Waals surface area contributed by atoms with E-state index in [0.717, 1.165) is 32.5 Å². The van der Waals surface area contributed by atoms with Crippen LogP contribution in [0, 0.1) is 0 Å². The summed E-state index contributed by atoms with van der Waals surface area (Å²) >= 11 is 0. The highest BCUT2D eigenvalue weighted by molar-refractivity contribution is 7.49. The van der Waals surface area contributed by atoms with Gasteiger partial charge in [-0.25, -0.2) is 9.24 Å². The minimum Gasteiger partial charge on any atom is -0.312 e. The highest BCUT2D eigenvalue weighted by Crippen LogP contribution is 2.38. The minimum absolute atomic E-state index is 0.297. The highest BCUT2D eigenvalue weighted by Gasteiger charge is 2.20. The van der Waals surface area contributed by atoms with E-state index in [1.807, 2.05) is 24.3 Å². The predicted octanol–water partition coefficient (Wildman–Crippen LogP) is 4.02. The lowest BCUT2D eigenvalue weighted by atomic mass is 9.93. The summed E-state index contributed by atoms with van der Waals surface area (Å²) in [6, 6.07) is 16.4. The lowest BCUT2D eigenvalue weighted by molar-refractivity contribution is 0.294. The maximum Gasteiger partial charge on any atom is 0.402 e. The molecule has 1 aliphatic carbocycles. The van der Waals surface area contributed by atoms with Gasteiger partial charge in [0.1, 0.15) is 0 Å². The van der Waals surface area contributed by atoms with E-state index in [1.54, 1.807) is 0 Å². The summed E-state index contributed by atoms with van der Waals surface area (Å²) in [6.07, 6.45) is 6.84. The van der Waals surface area contributed by atoms with E-state index in [0.29, 0.717) is 13.0 Å². The zero-order chi connectivity index (χ0) is 17.2. The van der Waals surface area contributed by atoms with Gasteiger partial charge in [-0.2, -0.15) is 0 Å². The van der Waals surface area contributed by atoms with Crippen LogP contribution in [0.2, 0.25) is 0 Å². The molecule has 0 atom stereocenters. The molecule has 24 heavy (non-hydrogen) atoms. The Labute approximate surface area is 142 Å². The van der Waals surface area contributed by atoms with Gasteiger partial charge in [-0.1, -0.05) is 66.8 Å². The average molecular weight is 341 g/mol. The fraction of sp³-hybridized carbons (Fsp3) is 0.158. The molecule has 0 radical (unpaired) electrons. The van der Waals surface area contributed by atoms with Crippen LogP contribution >= 0.6 is 7.75 Å². The maximum atomic E-state index is 11.3. The molecule has 0 unspecified atom stereocenters. The van der Waals surface area contributed by atoms with Gasteiger partial charge in [0.15, 0.2) is 0 Å². The van der Waals surface area contributed by atoms with Crippen molar-refractivity contribution in [2.24, 2.45) is 0 Å². The standard InChI is InChI=1S/C19H20NO3P/c1-20(24(21,22)23)14-6-11-19-17-9-4-2-7-15(17)12-13-16-8-3-5-10-18(16)19/h2-5,7-13H,6,14H2,1H3,(H2,21,22,23). The van der Waals surface area contributed by atoms with E-state index < -0.39 is 7.75 Å². The van der Waals surface area contributed by atoms with Crippen molar-refractivity contribution in [1.82, 2.24) is 4.67 Å². The average Bonchev–Trinajstić information content (AvgIpc) is 2.72. The topological polar surface area (TPSA) is 60.8 Å². The summed E-state index contributed by atoms with van der Waals surface area (Å²) in [7, 11) is -2.74. The molecule has 0 heterocycles. The third-order valence-electron chi connectivity index (χ3n) is 4.19. The normalized spacial score (nSPS) is 13.4. The third kappa shape index (κ3) is 3.58. The first-order valence-electron chi connectivity index (χ1n) is 7.81. The van der Waals surface area contributed by atoms with Crippen LogP contribution in [0.5, 0.6) is 0 Å². The molecule has 0 fully saturated rings. The lowest BCUT2D eigenvalue weighted by Crippen LogP contribution is -2.15. The fourth-order valence-electron chi connectivity index (χ4n) is 2.85. The molecule has 2 N–H and O–H groups in total. The zero-order valence-corrected chi connectivity index (χ0v) is 14.4. The Hall–Kier alpha value is -1.97. The summed E-state index contributed by atoms with van der Waals surface area (Å²) in [5.41, 5.74) is 5.66. The van der Waals surface area contributed by atoms with E-state index in [4.69, 9.17) is 0 Å². The molecule has 0 spiro atoms. The summed E-state index contributed by atoms with van der Waals surface area (Å²) in [4.78, 5) is 18.4. The maximum absolute atomic E-state index is 11.3. The van der Waals surface area contributed by atoms with E-state index in [2.05, 4.69) is 42.5 Å². The van der Waals surface area contributed by atoms with Gasteiger partial charge in [0, 0.05) is 6.54 Å². The van der Waals surface area contributed by atoms with Crippen LogP contribution in [0.3, 0.4) is 0 Å². The number of hydrogen-bond acceptors (Lipinski definition) is 1. The van der Waals surface area contributed by atoms with Crippen molar-refractivity contribution < 1.29 is 14.4 Å². The number of nitrogens with zero attached hydrogens (tertiary/aromatic N) is 1. The summed E-state index contributed by atoms with van der Waals surface area (Å²) in [6.45, 7) is 0.297. The summed E-state index contributed by atoms with van der Waals surface area (Å²) < 4.78 is 12.3. The molecular formula is C19H20NO3P. The predicted molar refractivity (Wildman–Crippen MR) is 98.2 cm³/mol. The summed E-state index contributed by atoms with van der Waals surface area (Å²) in [5, 5.41) is 0. The van der Waals surface area contributed by atoms with E-state index in [1.165, 1.54) is 7.05 Å². The molecule has 5 heteroatoms. The number of rotatable bonds is 4. The van der Waals surface area contributed by atoms with Crippen molar-refractivity contribution in [1.29, 1.82) is 0 Å². The van der Waals surface area contributed by atoms with Gasteiger partial charge in [0.05, 0.1) is 0 Å². The molecule has 0 saturated carbocycles. The van der Waals surface area contributed by atoms with Crippen LogP contribution in [0.25, 0.3) is 17.7 Å². The third-order valence-corrected chi connectivity index (χ3v) is 5.28. The quantitative estimate of drug-likeness (QED) is 0.704. The van der Waals surface area contributed by atoms with Gasteiger partial charge in [-0.15, -0.1) is 0 Å². The minimum atomic E-state index is -4.18. The second-order valence-electron chi connectivity index (χ2n) is 5.81. The van der Waals surface area contributed by atoms with Crippen LogP contribution in [0.1, 0.15) is 28.7 Å². The molecule has 124 valence electrons. The first-order valence-corrected chi connectivity index (χ1v) is 9.37. The van der Waals surface area contributed by atoms with Crippen molar-refractivity contribution in [3.8, 4) is 0 Å². The Bertz CT molecular complexity index is 800. The van der Waals surface area contributed by atoms with Crippen LogP contribution in [-0.4, -0.2) is 28.0 Å². The molecule has 3 rings (SSSR count). The van der Waals surface area contributed by atoms with Gasteiger partial charge < -0.3 is 9.79 Å². The monoisotopic (exact) mass is 341 g/mol. The van der Waals surface area contributed by atoms with Gasteiger partial charge in [0.25, 0.3) is 0 Å². The molecule has 0 bridgehead atoms. The van der Waals surface area contributed by atoms with E-state index >= 15 is 0 Å². The van der Waals surface area contributed by atoms with E-state index in [9.17, 15) is 14.4 Å². The molecule has 4 nitrogen and oxygen atoms in total. The lowest BCUT2D eigenvalue weighted by Gasteiger charge is -2.17. The Balaban J connectivity index is 1.98. The van der Waals surface area contributed by atoms with Crippen LogP contribution < -0.4 is 0 Å². The molecule has 1 aliphatic rings. The second kappa shape index (κ2) is 6.88. The smallest absolute Gasteiger partial charge is 0.312 e. The van der Waals surface area contributed by atoms with Crippen LogP contribution in [0.15, 0.2) is 54.6 Å². The van der Waals surface area contributed by atoms with Gasteiger partial charge in [-0.3, -0.25) is 0 Å². The highest BCUT2D eigenvalue weighted by atomic mass is 31.2. The first kappa shape index (κ1) is 16.9. The van der Waals surface area contributed by atoms with Crippen molar-refractivity contribution in [3.63, 3.8) is 0 Å². The molecule has 0 saturated heterocycles. The second-order valence-corrected chi connectivity index (χ2v) is 7.52. The van der Waals surface area contributed by atoms with Crippen LogP contribution in [0.4, 0.5) is 0 Å². The van der Waals surface area contributed by atoms with Crippen molar-refractivity contribution in [2.75, 3.05) is 13.6 Å². The Morgan fingerprint density at radius 1 is 0.958 bits per heavy atom. The zero-order valence-electron chi connectivity index (χ0n) is 13.5. The molecule has 0 aromatic heterocycles. The fourth-order valence-corrected chi connectivity index (χ4v) is 3.22. The largest absolute Gasteiger partial charge is 0.402 e. The first-order chi connectivity index (χ1) is 11.5. The summed E-state index contributed by atoms with van der Waals surface area (Å²) in [5.74, 6) is 0. The van der Waals surface area contributed by atoms with Gasteiger partial charge >= 0.3 is 7.75 Å². The molecule has 2 aromatic rings. The Morgan fingerprint density at radius 2 is 1.46 bits per heavy atom. The number of fused-ring (bicyclic) bond motifs is 2. The van der Waals surface area contributed by atoms with Gasteiger partial charge in [0.2, 0.25) is 0 Å². The Morgan fingerprint density at radius 3 is 1.96 bits per heavy atom. The number of benzene rings is 2. The van der Waals surface area contributed by atoms with Crippen molar-refractivity contribution in [3.05, 3.63) is 76.9 Å². The molecule has 2 aromatic carbocycles. The van der Waals surface area contributed by atoms with Gasteiger partial charge in [-0.05, 0) is 41.3 Å². The van der Waals surface area contributed by atoms with Crippen molar-refractivity contribution in [2.45, 2.75) is 6.42 Å². The number of hydrogen-bond donors (Lipinski definition) is 2. The Kier molecular flexibility index (Phi) is 4.83. The SMILES string of the molecule is CN(CCC=C1c2ccccc2C=Cc2ccccc21)P(=O)(O)O. The molecule has 0 amide bonds. The molecular weight excluding hydrogens is 321 g/mol. The van der Waals surface area contributed by atoms with Crippen molar-refractivity contribution >= 4 is 25.5 Å². The molecule has 0 aliphatic heterocycles.